The summed E-state index contributed by atoms with van der Waals surface area (Å²) in [6.07, 6.45) is 5.07. The summed E-state index contributed by atoms with van der Waals surface area (Å²) >= 11 is 0. The molecule has 20 heavy (non-hydrogen) atoms. The summed E-state index contributed by atoms with van der Waals surface area (Å²) in [4.78, 5) is 14.4. The third-order valence-electron chi connectivity index (χ3n) is 5.05. The maximum absolute atomic E-state index is 12.0. The van der Waals surface area contributed by atoms with E-state index in [2.05, 4.69) is 17.3 Å². The van der Waals surface area contributed by atoms with Gasteiger partial charge in [-0.1, -0.05) is 0 Å². The van der Waals surface area contributed by atoms with Gasteiger partial charge < -0.3 is 19.7 Å². The fraction of sp³-hybridized carbons (Fsp3) is 0.933. The second kappa shape index (κ2) is 6.87. The van der Waals surface area contributed by atoms with Gasteiger partial charge in [0.1, 0.15) is 5.54 Å². The fourth-order valence-electron chi connectivity index (χ4n) is 3.59. The number of carbonyl (C=O) groups excluding carboxylic acids is 1. The van der Waals surface area contributed by atoms with Crippen molar-refractivity contribution >= 4 is 5.97 Å². The summed E-state index contributed by atoms with van der Waals surface area (Å²) in [5, 5.41) is 3.20. The first-order chi connectivity index (χ1) is 9.61. The largest absolute Gasteiger partial charge is 0.468 e. The Morgan fingerprint density at radius 2 is 2.10 bits per heavy atom. The lowest BCUT2D eigenvalue weighted by molar-refractivity contribution is -0.148. The SMILES string of the molecule is CNC1(C(=O)OC)CCC(N(C)CC2CCOCC2)C1. The molecule has 2 fully saturated rings. The summed E-state index contributed by atoms with van der Waals surface area (Å²) in [5.41, 5.74) is -0.483. The Balaban J connectivity index is 1.88. The maximum atomic E-state index is 12.0. The highest BCUT2D eigenvalue weighted by molar-refractivity contribution is 5.81. The fourth-order valence-corrected chi connectivity index (χ4v) is 3.59. The molecule has 0 aromatic heterocycles. The third-order valence-corrected chi connectivity index (χ3v) is 5.05. The molecule has 1 N–H and O–H groups in total. The number of ether oxygens (including phenoxy) is 2. The molecule has 1 saturated carbocycles. The molecule has 0 amide bonds. The molecule has 2 atom stereocenters. The quantitative estimate of drug-likeness (QED) is 0.764. The first-order valence-corrected chi connectivity index (χ1v) is 7.66. The van der Waals surface area contributed by atoms with Crippen molar-refractivity contribution in [3.63, 3.8) is 0 Å². The molecular weight excluding hydrogens is 256 g/mol. The van der Waals surface area contributed by atoms with Crippen molar-refractivity contribution in [1.82, 2.24) is 10.2 Å². The molecular formula is C15H28N2O3. The zero-order chi connectivity index (χ0) is 14.6. The lowest BCUT2D eigenvalue weighted by Crippen LogP contribution is -2.50. The molecule has 0 aromatic rings. The number of esters is 1. The van der Waals surface area contributed by atoms with E-state index in [1.165, 1.54) is 7.11 Å². The van der Waals surface area contributed by atoms with Crippen LogP contribution in [0, 0.1) is 5.92 Å². The van der Waals surface area contributed by atoms with E-state index in [4.69, 9.17) is 9.47 Å². The van der Waals surface area contributed by atoms with Crippen molar-refractivity contribution in [2.45, 2.75) is 43.7 Å². The van der Waals surface area contributed by atoms with Crippen molar-refractivity contribution < 1.29 is 14.3 Å². The molecule has 5 heteroatoms. The van der Waals surface area contributed by atoms with Gasteiger partial charge in [-0.2, -0.15) is 0 Å². The van der Waals surface area contributed by atoms with Gasteiger partial charge in [0.05, 0.1) is 7.11 Å². The number of methoxy groups -OCH3 is 1. The first kappa shape index (κ1) is 15.7. The first-order valence-electron chi connectivity index (χ1n) is 7.66. The number of nitrogens with one attached hydrogen (secondary N) is 1. The number of nitrogens with zero attached hydrogens (tertiary/aromatic N) is 1. The van der Waals surface area contributed by atoms with Crippen LogP contribution in [0.5, 0.6) is 0 Å². The molecule has 0 aromatic carbocycles. The van der Waals surface area contributed by atoms with Crippen LogP contribution < -0.4 is 5.32 Å². The van der Waals surface area contributed by atoms with Gasteiger partial charge in [0.2, 0.25) is 0 Å². The Morgan fingerprint density at radius 3 is 2.70 bits per heavy atom. The van der Waals surface area contributed by atoms with Crippen molar-refractivity contribution in [1.29, 1.82) is 0 Å². The Bertz CT molecular complexity index is 331. The van der Waals surface area contributed by atoms with Gasteiger partial charge in [0.25, 0.3) is 0 Å². The molecule has 2 rings (SSSR count). The normalized spacial score (nSPS) is 31.7. The molecule has 2 aliphatic rings. The molecule has 2 unspecified atom stereocenters. The monoisotopic (exact) mass is 284 g/mol. The molecule has 116 valence electrons. The highest BCUT2D eigenvalue weighted by Crippen LogP contribution is 2.34. The minimum atomic E-state index is -0.483. The summed E-state index contributed by atoms with van der Waals surface area (Å²) in [6, 6.07) is 0.462. The van der Waals surface area contributed by atoms with Crippen LogP contribution in [0.3, 0.4) is 0 Å². The molecule has 1 heterocycles. The van der Waals surface area contributed by atoms with Crippen molar-refractivity contribution in [2.24, 2.45) is 5.92 Å². The highest BCUT2D eigenvalue weighted by Gasteiger charge is 2.46. The summed E-state index contributed by atoms with van der Waals surface area (Å²) in [5.74, 6) is 0.610. The van der Waals surface area contributed by atoms with E-state index in [9.17, 15) is 4.79 Å². The van der Waals surface area contributed by atoms with Crippen LogP contribution in [-0.4, -0.2) is 63.4 Å². The zero-order valence-corrected chi connectivity index (χ0v) is 13.0. The standard InChI is InChI=1S/C15H28N2O3/c1-16-15(14(18)19-3)7-4-13(10-15)17(2)11-12-5-8-20-9-6-12/h12-13,16H,4-11H2,1-3H3. The van der Waals surface area contributed by atoms with Gasteiger partial charge in [-0.05, 0) is 52.1 Å². The minimum Gasteiger partial charge on any atom is -0.468 e. The Kier molecular flexibility index (Phi) is 5.41. The minimum absolute atomic E-state index is 0.123. The van der Waals surface area contributed by atoms with Crippen LogP contribution in [0.25, 0.3) is 0 Å². The number of likely N-dealkylation sites (N-methyl/N-ethyl adjacent to an activating group) is 1. The molecule has 5 nitrogen and oxygen atoms in total. The van der Waals surface area contributed by atoms with E-state index in [-0.39, 0.29) is 5.97 Å². The van der Waals surface area contributed by atoms with Crippen LogP contribution in [0.2, 0.25) is 0 Å². The average Bonchev–Trinajstić information content (AvgIpc) is 2.93. The number of carbonyl (C=O) groups is 1. The van der Waals surface area contributed by atoms with Gasteiger partial charge in [0.15, 0.2) is 0 Å². The number of hydrogen-bond acceptors (Lipinski definition) is 5. The molecule has 1 aliphatic carbocycles. The number of rotatable bonds is 5. The topological polar surface area (TPSA) is 50.8 Å². The molecule has 0 spiro atoms. The van der Waals surface area contributed by atoms with Crippen LogP contribution >= 0.6 is 0 Å². The molecule has 0 radical (unpaired) electrons. The molecule has 1 aliphatic heterocycles. The van der Waals surface area contributed by atoms with Gasteiger partial charge >= 0.3 is 5.97 Å². The summed E-state index contributed by atoms with van der Waals surface area (Å²) in [7, 11) is 5.52. The molecule has 1 saturated heterocycles. The van der Waals surface area contributed by atoms with Crippen LogP contribution in [0.1, 0.15) is 32.1 Å². The van der Waals surface area contributed by atoms with E-state index >= 15 is 0 Å². The van der Waals surface area contributed by atoms with E-state index in [0.29, 0.717) is 6.04 Å². The average molecular weight is 284 g/mol. The van der Waals surface area contributed by atoms with E-state index < -0.39 is 5.54 Å². The Hall–Kier alpha value is -0.650. The summed E-state index contributed by atoms with van der Waals surface area (Å²) in [6.45, 7) is 2.90. The van der Waals surface area contributed by atoms with Crippen molar-refractivity contribution in [2.75, 3.05) is 41.0 Å². The highest BCUT2D eigenvalue weighted by atomic mass is 16.5. The van der Waals surface area contributed by atoms with Crippen LogP contribution in [-0.2, 0) is 14.3 Å². The van der Waals surface area contributed by atoms with Gasteiger partial charge in [-0.3, -0.25) is 4.79 Å². The maximum Gasteiger partial charge on any atom is 0.326 e. The number of hydrogen-bond donors (Lipinski definition) is 1. The lowest BCUT2D eigenvalue weighted by Gasteiger charge is -2.32. The Morgan fingerprint density at radius 1 is 1.40 bits per heavy atom. The van der Waals surface area contributed by atoms with E-state index in [1.54, 1.807) is 0 Å². The lowest BCUT2D eigenvalue weighted by atomic mass is 9.96. The summed E-state index contributed by atoms with van der Waals surface area (Å²) < 4.78 is 10.4. The van der Waals surface area contributed by atoms with Crippen molar-refractivity contribution in [3.8, 4) is 0 Å². The smallest absolute Gasteiger partial charge is 0.326 e. The Labute approximate surface area is 122 Å². The predicted molar refractivity (Wildman–Crippen MR) is 77.6 cm³/mol. The van der Waals surface area contributed by atoms with E-state index in [1.807, 2.05) is 7.05 Å². The third kappa shape index (κ3) is 3.32. The van der Waals surface area contributed by atoms with Crippen LogP contribution in [0.15, 0.2) is 0 Å². The second-order valence-corrected chi connectivity index (χ2v) is 6.22. The molecule has 0 bridgehead atoms. The van der Waals surface area contributed by atoms with E-state index in [0.717, 1.165) is 57.8 Å². The van der Waals surface area contributed by atoms with Gasteiger partial charge in [-0.15, -0.1) is 0 Å². The zero-order valence-electron chi connectivity index (χ0n) is 13.0. The van der Waals surface area contributed by atoms with Crippen LogP contribution in [0.4, 0.5) is 0 Å². The van der Waals surface area contributed by atoms with Gasteiger partial charge in [-0.25, -0.2) is 0 Å². The van der Waals surface area contributed by atoms with Gasteiger partial charge in [0, 0.05) is 25.8 Å². The predicted octanol–water partition coefficient (Wildman–Crippen LogP) is 1.03. The second-order valence-electron chi connectivity index (χ2n) is 6.22. The van der Waals surface area contributed by atoms with Crippen molar-refractivity contribution in [3.05, 3.63) is 0 Å².